The lowest BCUT2D eigenvalue weighted by Gasteiger charge is -2.09. The van der Waals surface area contributed by atoms with Gasteiger partial charge in [-0.1, -0.05) is 53.7 Å². The van der Waals surface area contributed by atoms with Crippen LogP contribution < -0.4 is 5.73 Å². The van der Waals surface area contributed by atoms with Gasteiger partial charge in [0.1, 0.15) is 11.6 Å². The number of thioether (sulfide) groups is 1. The summed E-state index contributed by atoms with van der Waals surface area (Å²) in [6, 6.07) is 17.0. The third-order valence-corrected chi connectivity index (χ3v) is 5.51. The first-order valence-corrected chi connectivity index (χ1v) is 10.6. The maximum atomic E-state index is 12.2. The lowest BCUT2D eigenvalue weighted by Crippen LogP contribution is -2.18. The van der Waals surface area contributed by atoms with Gasteiger partial charge in [-0.15, -0.1) is 0 Å². The quantitative estimate of drug-likeness (QED) is 0.239. The molecule has 0 atom stereocenters. The molecule has 2 N–H and O–H groups in total. The number of nitrogens with zero attached hydrogens (tertiary/aromatic N) is 3. The summed E-state index contributed by atoms with van der Waals surface area (Å²) in [6.07, 6.45) is 0. The van der Waals surface area contributed by atoms with Crippen molar-refractivity contribution in [3.8, 4) is 6.07 Å². The van der Waals surface area contributed by atoms with Crippen molar-refractivity contribution in [2.45, 2.75) is 18.6 Å². The number of nitriles is 1. The molecule has 2 aromatic carbocycles. The molecule has 0 spiro atoms. The highest BCUT2D eigenvalue weighted by Crippen LogP contribution is 2.27. The predicted octanol–water partition coefficient (Wildman–Crippen LogP) is 3.70. The Morgan fingerprint density at radius 2 is 2.00 bits per heavy atom. The molecule has 158 valence electrons. The van der Waals surface area contributed by atoms with Crippen molar-refractivity contribution in [2.24, 2.45) is 5.73 Å². The molecule has 1 heterocycles. The van der Waals surface area contributed by atoms with Gasteiger partial charge in [0.25, 0.3) is 0 Å². The molecule has 0 unspecified atom stereocenters. The summed E-state index contributed by atoms with van der Waals surface area (Å²) >= 11 is 7.30. The van der Waals surface area contributed by atoms with E-state index < -0.39 is 18.4 Å². The Morgan fingerprint density at radius 3 is 2.68 bits per heavy atom. The highest BCUT2D eigenvalue weighted by molar-refractivity contribution is 7.99. The van der Waals surface area contributed by atoms with E-state index in [-0.39, 0.29) is 17.0 Å². The predicted molar refractivity (Wildman–Crippen MR) is 119 cm³/mol. The summed E-state index contributed by atoms with van der Waals surface area (Å²) in [5.74, 6) is -1.28. The second-order valence-electron chi connectivity index (χ2n) is 6.64. The van der Waals surface area contributed by atoms with Crippen LogP contribution in [0.5, 0.6) is 0 Å². The van der Waals surface area contributed by atoms with Crippen molar-refractivity contribution < 1.29 is 14.3 Å². The van der Waals surface area contributed by atoms with Gasteiger partial charge in [-0.3, -0.25) is 9.59 Å². The molecular weight excluding hydrogens is 436 g/mol. The van der Waals surface area contributed by atoms with Gasteiger partial charge in [-0.2, -0.15) is 5.26 Å². The number of allylic oxidation sites excluding steroid dienone is 1. The van der Waals surface area contributed by atoms with Crippen LogP contribution in [-0.2, 0) is 20.9 Å². The van der Waals surface area contributed by atoms with Crippen molar-refractivity contribution in [3.05, 3.63) is 70.4 Å². The third kappa shape index (κ3) is 5.66. The maximum absolute atomic E-state index is 12.2. The van der Waals surface area contributed by atoms with Crippen molar-refractivity contribution in [1.29, 1.82) is 5.26 Å². The maximum Gasteiger partial charge on any atom is 0.316 e. The van der Waals surface area contributed by atoms with Crippen LogP contribution in [0.25, 0.3) is 11.0 Å². The molecular formula is C22H19ClN4O3S. The van der Waals surface area contributed by atoms with Gasteiger partial charge in [-0.25, -0.2) is 4.98 Å². The van der Waals surface area contributed by atoms with E-state index in [1.54, 1.807) is 18.2 Å². The second kappa shape index (κ2) is 10.2. The number of aromatic nitrogens is 2. The van der Waals surface area contributed by atoms with Crippen LogP contribution in [0.1, 0.15) is 12.5 Å². The monoisotopic (exact) mass is 454 g/mol. The molecule has 0 radical (unpaired) electrons. The standard InChI is InChI=1S/C22H19ClN4O3S/c1-14(25)17(10-24)20(28)12-30-21(29)13-31-22-26-18-9-16(23)7-8-19(18)27(22)11-15-5-3-2-4-6-15/h2-9H,11-13,25H2,1H3/b17-14+. The number of rotatable bonds is 8. The summed E-state index contributed by atoms with van der Waals surface area (Å²) in [6.45, 7) is 1.48. The fourth-order valence-electron chi connectivity index (χ4n) is 2.86. The molecule has 31 heavy (non-hydrogen) atoms. The summed E-state index contributed by atoms with van der Waals surface area (Å²) in [4.78, 5) is 28.7. The number of fused-ring (bicyclic) bond motifs is 1. The number of esters is 1. The van der Waals surface area contributed by atoms with Crippen LogP contribution in [0.2, 0.25) is 5.02 Å². The minimum Gasteiger partial charge on any atom is -0.457 e. The first-order valence-electron chi connectivity index (χ1n) is 9.27. The van der Waals surface area contributed by atoms with Gasteiger partial charge >= 0.3 is 5.97 Å². The van der Waals surface area contributed by atoms with Crippen molar-refractivity contribution >= 4 is 46.1 Å². The highest BCUT2D eigenvalue weighted by atomic mass is 35.5. The van der Waals surface area contributed by atoms with E-state index in [0.29, 0.717) is 16.7 Å². The van der Waals surface area contributed by atoms with E-state index in [1.165, 1.54) is 18.7 Å². The molecule has 0 aliphatic carbocycles. The first-order chi connectivity index (χ1) is 14.9. The zero-order chi connectivity index (χ0) is 22.4. The lowest BCUT2D eigenvalue weighted by molar-refractivity contribution is -0.144. The lowest BCUT2D eigenvalue weighted by atomic mass is 10.1. The van der Waals surface area contributed by atoms with E-state index in [2.05, 4.69) is 4.98 Å². The van der Waals surface area contributed by atoms with E-state index in [0.717, 1.165) is 16.6 Å². The Hall–Kier alpha value is -3.28. The number of nitrogens with two attached hydrogens (primary N) is 1. The van der Waals surface area contributed by atoms with E-state index in [9.17, 15) is 9.59 Å². The van der Waals surface area contributed by atoms with Gasteiger partial charge < -0.3 is 15.0 Å². The smallest absolute Gasteiger partial charge is 0.316 e. The van der Waals surface area contributed by atoms with Crippen molar-refractivity contribution in [1.82, 2.24) is 9.55 Å². The number of ketones is 1. The van der Waals surface area contributed by atoms with Crippen LogP contribution >= 0.6 is 23.4 Å². The number of imidazole rings is 1. The molecule has 0 saturated carbocycles. The Labute approximate surface area is 188 Å². The summed E-state index contributed by atoms with van der Waals surface area (Å²) in [5.41, 5.74) is 8.06. The average molecular weight is 455 g/mol. The third-order valence-electron chi connectivity index (χ3n) is 4.33. The summed E-state index contributed by atoms with van der Waals surface area (Å²) in [7, 11) is 0. The molecule has 0 aliphatic heterocycles. The van der Waals surface area contributed by atoms with Crippen LogP contribution in [-0.4, -0.2) is 33.7 Å². The molecule has 3 aromatic rings. The highest BCUT2D eigenvalue weighted by Gasteiger charge is 2.17. The molecule has 9 heteroatoms. The molecule has 1 aromatic heterocycles. The van der Waals surface area contributed by atoms with Gasteiger partial charge in [0, 0.05) is 10.7 Å². The van der Waals surface area contributed by atoms with E-state index in [4.69, 9.17) is 27.3 Å². The SMILES string of the molecule is C/C(N)=C(/C#N)C(=O)COC(=O)CSc1nc2cc(Cl)ccc2n1Cc1ccccc1. The molecule has 0 fully saturated rings. The normalized spacial score (nSPS) is 11.6. The molecule has 0 bridgehead atoms. The van der Waals surface area contributed by atoms with Crippen LogP contribution in [0, 0.1) is 11.3 Å². The number of halogens is 1. The summed E-state index contributed by atoms with van der Waals surface area (Å²) < 4.78 is 7.00. The topological polar surface area (TPSA) is 111 Å². The van der Waals surface area contributed by atoms with Gasteiger partial charge in [0.15, 0.2) is 11.8 Å². The summed E-state index contributed by atoms with van der Waals surface area (Å²) in [5, 5.41) is 10.1. The van der Waals surface area contributed by atoms with Crippen LogP contribution in [0.15, 0.2) is 65.0 Å². The van der Waals surface area contributed by atoms with Crippen LogP contribution in [0.3, 0.4) is 0 Å². The Kier molecular flexibility index (Phi) is 7.34. The number of carbonyl (C=O) groups is 2. The number of Topliss-reactive ketones (excluding diaryl/α,β-unsaturated/α-hetero) is 1. The molecule has 3 rings (SSSR count). The number of hydrogen-bond donors (Lipinski definition) is 1. The minimum atomic E-state index is -0.633. The molecule has 0 amide bonds. The van der Waals surface area contributed by atoms with Gasteiger partial charge in [0.05, 0.1) is 23.3 Å². The Morgan fingerprint density at radius 1 is 1.26 bits per heavy atom. The zero-order valence-corrected chi connectivity index (χ0v) is 18.2. The number of hydrogen-bond acceptors (Lipinski definition) is 7. The van der Waals surface area contributed by atoms with Crippen molar-refractivity contribution in [3.63, 3.8) is 0 Å². The van der Waals surface area contributed by atoms with Gasteiger partial charge in [0.2, 0.25) is 5.78 Å². The fourth-order valence-corrected chi connectivity index (χ4v) is 3.84. The van der Waals surface area contributed by atoms with Crippen LogP contribution in [0.4, 0.5) is 0 Å². The largest absolute Gasteiger partial charge is 0.457 e. The molecule has 0 aliphatic rings. The Balaban J connectivity index is 1.73. The van der Waals surface area contributed by atoms with E-state index in [1.807, 2.05) is 41.0 Å². The second-order valence-corrected chi connectivity index (χ2v) is 8.02. The number of ether oxygens (including phenoxy) is 1. The minimum absolute atomic E-state index is 0.0493. The molecule has 0 saturated heterocycles. The number of benzene rings is 2. The van der Waals surface area contributed by atoms with Gasteiger partial charge in [-0.05, 0) is 30.7 Å². The van der Waals surface area contributed by atoms with Crippen molar-refractivity contribution in [2.75, 3.05) is 12.4 Å². The number of carbonyl (C=O) groups excluding carboxylic acids is 2. The Bertz CT molecular complexity index is 1190. The molecule has 7 nitrogen and oxygen atoms in total. The average Bonchev–Trinajstić information content (AvgIpc) is 3.08. The first kappa shape index (κ1) is 22.4. The zero-order valence-electron chi connectivity index (χ0n) is 16.7. The van der Waals surface area contributed by atoms with E-state index >= 15 is 0 Å². The fraction of sp³-hybridized carbons (Fsp3) is 0.182.